The van der Waals surface area contributed by atoms with Crippen LogP contribution in [0.3, 0.4) is 0 Å². The van der Waals surface area contributed by atoms with Crippen LogP contribution in [0.25, 0.3) is 4.96 Å². The van der Waals surface area contributed by atoms with Crippen LogP contribution in [0, 0.1) is 0 Å². The van der Waals surface area contributed by atoms with Crippen molar-refractivity contribution in [2.45, 2.75) is 24.6 Å². The first-order valence-corrected chi connectivity index (χ1v) is 8.07. The first kappa shape index (κ1) is 12.5. The maximum Gasteiger partial charge on any atom is 0.193 e. The fourth-order valence-electron chi connectivity index (χ4n) is 1.60. The number of fused-ring (bicyclic) bond motifs is 1. The molecule has 0 aliphatic rings. The van der Waals surface area contributed by atoms with E-state index in [1.165, 1.54) is 6.26 Å². The first-order chi connectivity index (χ1) is 7.88. The molecule has 2 aromatic heterocycles. The third kappa shape index (κ3) is 2.67. The third-order valence-corrected chi connectivity index (χ3v) is 5.34. The Hall–Kier alpha value is -0.920. The highest BCUT2D eigenvalue weighted by Crippen LogP contribution is 2.14. The second-order valence-corrected chi connectivity index (χ2v) is 7.50. The summed E-state index contributed by atoms with van der Waals surface area (Å²) >= 11 is 1.54. The van der Waals surface area contributed by atoms with Crippen LogP contribution in [-0.4, -0.2) is 35.4 Å². The van der Waals surface area contributed by atoms with Gasteiger partial charge in [-0.05, 0) is 6.92 Å². The lowest BCUT2D eigenvalue weighted by Crippen LogP contribution is -2.39. The molecule has 94 valence electrons. The molecule has 0 aromatic carbocycles. The largest absolute Gasteiger partial charge is 0.326 e. The summed E-state index contributed by atoms with van der Waals surface area (Å²) in [6.07, 6.45) is 5.49. The lowest BCUT2D eigenvalue weighted by molar-refractivity contribution is 0.560. The van der Waals surface area contributed by atoms with Gasteiger partial charge in [-0.2, -0.15) is 0 Å². The van der Waals surface area contributed by atoms with Crippen LogP contribution < -0.4 is 5.73 Å². The molecule has 0 aliphatic carbocycles. The van der Waals surface area contributed by atoms with Gasteiger partial charge in [0.25, 0.3) is 0 Å². The zero-order valence-corrected chi connectivity index (χ0v) is 11.3. The van der Waals surface area contributed by atoms with Crippen LogP contribution >= 0.6 is 11.3 Å². The topological polar surface area (TPSA) is 77.5 Å². The quantitative estimate of drug-likeness (QED) is 0.889. The molecule has 0 saturated heterocycles. The molecule has 7 heteroatoms. The SMILES string of the molecule is CC(C(N)Cc1cn2ccsc2n1)S(C)(=O)=O. The van der Waals surface area contributed by atoms with Gasteiger partial charge in [-0.3, -0.25) is 4.40 Å². The number of rotatable bonds is 4. The summed E-state index contributed by atoms with van der Waals surface area (Å²) < 4.78 is 24.7. The fraction of sp³-hybridized carbons (Fsp3) is 0.500. The minimum atomic E-state index is -3.10. The molecule has 2 aromatic rings. The maximum atomic E-state index is 11.4. The van der Waals surface area contributed by atoms with E-state index in [2.05, 4.69) is 4.98 Å². The van der Waals surface area contributed by atoms with Gasteiger partial charge in [0.1, 0.15) is 0 Å². The smallest absolute Gasteiger partial charge is 0.193 e. The summed E-state index contributed by atoms with van der Waals surface area (Å²) in [4.78, 5) is 5.29. The lowest BCUT2D eigenvalue weighted by Gasteiger charge is -2.16. The monoisotopic (exact) mass is 273 g/mol. The Balaban J connectivity index is 2.13. The van der Waals surface area contributed by atoms with E-state index in [4.69, 9.17) is 5.73 Å². The Morgan fingerprint density at radius 1 is 1.59 bits per heavy atom. The lowest BCUT2D eigenvalue weighted by atomic mass is 10.1. The molecule has 5 nitrogen and oxygen atoms in total. The van der Waals surface area contributed by atoms with Gasteiger partial charge in [0, 0.05) is 36.5 Å². The van der Waals surface area contributed by atoms with E-state index in [0.717, 1.165) is 10.7 Å². The van der Waals surface area contributed by atoms with Gasteiger partial charge in [-0.25, -0.2) is 13.4 Å². The highest BCUT2D eigenvalue weighted by molar-refractivity contribution is 7.91. The van der Waals surface area contributed by atoms with Gasteiger partial charge in [-0.1, -0.05) is 0 Å². The summed E-state index contributed by atoms with van der Waals surface area (Å²) in [7, 11) is -3.10. The number of hydrogen-bond donors (Lipinski definition) is 1. The van der Waals surface area contributed by atoms with Crippen LogP contribution in [0.2, 0.25) is 0 Å². The highest BCUT2D eigenvalue weighted by Gasteiger charge is 2.23. The van der Waals surface area contributed by atoms with E-state index in [9.17, 15) is 8.42 Å². The standard InChI is InChI=1S/C10H15N3O2S2/c1-7(17(2,14)15)9(11)5-8-6-13-3-4-16-10(13)12-8/h3-4,6-7,9H,5,11H2,1-2H3. The van der Waals surface area contributed by atoms with Gasteiger partial charge in [0.05, 0.1) is 10.9 Å². The van der Waals surface area contributed by atoms with Crippen molar-refractivity contribution in [3.05, 3.63) is 23.5 Å². The second kappa shape index (κ2) is 4.40. The minimum absolute atomic E-state index is 0.422. The molecule has 0 aliphatic heterocycles. The van der Waals surface area contributed by atoms with Crippen LogP contribution in [0.1, 0.15) is 12.6 Å². The molecule has 2 N–H and O–H groups in total. The molecule has 2 atom stereocenters. The van der Waals surface area contributed by atoms with E-state index < -0.39 is 21.1 Å². The molecule has 0 saturated carbocycles. The number of nitrogens with zero attached hydrogens (tertiary/aromatic N) is 2. The molecule has 0 bridgehead atoms. The van der Waals surface area contributed by atoms with Crippen LogP contribution in [-0.2, 0) is 16.3 Å². The number of sulfone groups is 1. The van der Waals surface area contributed by atoms with E-state index in [1.807, 2.05) is 22.2 Å². The van der Waals surface area contributed by atoms with Crippen molar-refractivity contribution in [2.75, 3.05) is 6.26 Å². The summed E-state index contributed by atoms with van der Waals surface area (Å²) in [5.74, 6) is 0. The Bertz CT molecular complexity index is 586. The summed E-state index contributed by atoms with van der Waals surface area (Å²) in [5.41, 5.74) is 6.73. The highest BCUT2D eigenvalue weighted by atomic mass is 32.2. The molecule has 0 spiro atoms. The van der Waals surface area contributed by atoms with Crippen molar-refractivity contribution in [3.8, 4) is 0 Å². The van der Waals surface area contributed by atoms with E-state index in [1.54, 1.807) is 18.3 Å². The van der Waals surface area contributed by atoms with Gasteiger partial charge in [0.15, 0.2) is 14.8 Å². The first-order valence-electron chi connectivity index (χ1n) is 5.23. The third-order valence-electron chi connectivity index (χ3n) is 2.87. The van der Waals surface area contributed by atoms with Crippen LogP contribution in [0.15, 0.2) is 17.8 Å². The van der Waals surface area contributed by atoms with Gasteiger partial charge in [-0.15, -0.1) is 11.3 Å². The summed E-state index contributed by atoms with van der Waals surface area (Å²) in [5, 5.41) is 1.40. The van der Waals surface area contributed by atoms with Crippen molar-refractivity contribution in [2.24, 2.45) is 5.73 Å². The van der Waals surface area contributed by atoms with Crippen molar-refractivity contribution in [1.82, 2.24) is 9.38 Å². The molecule has 17 heavy (non-hydrogen) atoms. The average molecular weight is 273 g/mol. The van der Waals surface area contributed by atoms with Crippen molar-refractivity contribution in [3.63, 3.8) is 0 Å². The molecule has 2 rings (SSSR count). The molecular formula is C10H15N3O2S2. The summed E-state index contributed by atoms with van der Waals surface area (Å²) in [6.45, 7) is 1.64. The summed E-state index contributed by atoms with van der Waals surface area (Å²) in [6, 6.07) is -0.422. The maximum absolute atomic E-state index is 11.4. The van der Waals surface area contributed by atoms with Gasteiger partial charge >= 0.3 is 0 Å². The van der Waals surface area contributed by atoms with E-state index in [0.29, 0.717) is 6.42 Å². The number of aromatic nitrogens is 2. The van der Waals surface area contributed by atoms with Crippen molar-refractivity contribution < 1.29 is 8.42 Å². The number of hydrogen-bond acceptors (Lipinski definition) is 5. The van der Waals surface area contributed by atoms with Gasteiger partial charge < -0.3 is 5.73 Å². The zero-order valence-electron chi connectivity index (χ0n) is 9.70. The Morgan fingerprint density at radius 3 is 2.88 bits per heavy atom. The number of nitrogens with two attached hydrogens (primary N) is 1. The molecule has 0 amide bonds. The molecule has 0 fully saturated rings. The zero-order chi connectivity index (χ0) is 12.6. The predicted octanol–water partition coefficient (Wildman–Crippen LogP) is 0.699. The second-order valence-electron chi connectivity index (χ2n) is 4.23. The van der Waals surface area contributed by atoms with Gasteiger partial charge in [0.2, 0.25) is 0 Å². The van der Waals surface area contributed by atoms with Crippen LogP contribution in [0.5, 0.6) is 0 Å². The Labute approximate surface area is 104 Å². The van der Waals surface area contributed by atoms with Crippen molar-refractivity contribution in [1.29, 1.82) is 0 Å². The van der Waals surface area contributed by atoms with Crippen molar-refractivity contribution >= 4 is 26.1 Å². The molecule has 2 unspecified atom stereocenters. The minimum Gasteiger partial charge on any atom is -0.326 e. The normalized spacial score (nSPS) is 16.2. The number of imidazole rings is 1. The molecule has 0 radical (unpaired) electrons. The predicted molar refractivity (Wildman–Crippen MR) is 69.1 cm³/mol. The van der Waals surface area contributed by atoms with Crippen LogP contribution in [0.4, 0.5) is 0 Å². The molecular weight excluding hydrogens is 258 g/mol. The van der Waals surface area contributed by atoms with E-state index >= 15 is 0 Å². The molecule has 2 heterocycles. The van der Waals surface area contributed by atoms with E-state index in [-0.39, 0.29) is 0 Å². The fourth-order valence-corrected chi connectivity index (χ4v) is 3.05. The Kier molecular flexibility index (Phi) is 3.24. The Morgan fingerprint density at radius 2 is 2.29 bits per heavy atom. The average Bonchev–Trinajstić information content (AvgIpc) is 2.74. The number of thiazole rings is 1.